The van der Waals surface area contributed by atoms with Gasteiger partial charge in [-0.25, -0.2) is 4.79 Å². The predicted molar refractivity (Wildman–Crippen MR) is 154 cm³/mol. The summed E-state index contributed by atoms with van der Waals surface area (Å²) < 4.78 is 5.17. The zero-order chi connectivity index (χ0) is 30.0. The van der Waals surface area contributed by atoms with E-state index in [-0.39, 0.29) is 47.2 Å². The van der Waals surface area contributed by atoms with E-state index in [2.05, 4.69) is 13.8 Å². The number of unbranched alkanes of at least 4 members (excludes halogenated alkanes) is 1. The Bertz CT molecular complexity index is 1110. The van der Waals surface area contributed by atoms with E-state index in [0.29, 0.717) is 24.2 Å². The second-order valence-corrected chi connectivity index (χ2v) is 14.1. The van der Waals surface area contributed by atoms with Crippen LogP contribution in [0.3, 0.4) is 0 Å². The molecule has 0 bridgehead atoms. The van der Waals surface area contributed by atoms with Crippen LogP contribution in [0.4, 0.5) is 0 Å². The maximum absolute atomic E-state index is 12.2. The van der Waals surface area contributed by atoms with Crippen LogP contribution in [0.1, 0.15) is 122 Å². The fourth-order valence-corrected chi connectivity index (χ4v) is 9.47. The number of rotatable bonds is 8. The van der Waals surface area contributed by atoms with Crippen LogP contribution in [0.2, 0.25) is 0 Å². The number of carboxylic acid groups (broad SMARTS) is 2. The van der Waals surface area contributed by atoms with Crippen molar-refractivity contribution in [1.29, 1.82) is 0 Å². The molecule has 8 heteroatoms. The Morgan fingerprint density at radius 1 is 0.976 bits per heavy atom. The molecule has 4 saturated carbocycles. The average molecular weight is 575 g/mol. The molecular weight excluding hydrogens is 524 g/mol. The van der Waals surface area contributed by atoms with Crippen LogP contribution >= 0.6 is 0 Å². The summed E-state index contributed by atoms with van der Waals surface area (Å²) >= 11 is 0. The summed E-state index contributed by atoms with van der Waals surface area (Å²) in [7, 11) is 0. The van der Waals surface area contributed by atoms with Gasteiger partial charge in [0.2, 0.25) is 0 Å². The van der Waals surface area contributed by atoms with Crippen molar-refractivity contribution in [3.63, 3.8) is 0 Å². The first-order chi connectivity index (χ1) is 19.3. The third kappa shape index (κ3) is 6.43. The zero-order valence-corrected chi connectivity index (χ0v) is 25.0. The fraction of sp³-hybridized carbons (Fsp3) is 0.788. The van der Waals surface area contributed by atoms with E-state index in [1.165, 1.54) is 12.5 Å². The summed E-state index contributed by atoms with van der Waals surface area (Å²) in [5.74, 6) is 0.336. The molecule has 1 aromatic heterocycles. The Kier molecular flexibility index (Phi) is 9.74. The first-order valence-corrected chi connectivity index (χ1v) is 15.7. The topological polar surface area (TPSA) is 145 Å². The minimum absolute atomic E-state index is 0.129. The third-order valence-corrected chi connectivity index (χ3v) is 11.8. The number of aliphatic hydroxyl groups excluding tert-OH is 1. The largest absolute Gasteiger partial charge is 0.481 e. The summed E-state index contributed by atoms with van der Waals surface area (Å²) in [6.45, 7) is 6.60. The Labute approximate surface area is 243 Å². The fourth-order valence-electron chi connectivity index (χ4n) is 9.47. The van der Waals surface area contributed by atoms with Gasteiger partial charge in [0.15, 0.2) is 0 Å². The monoisotopic (exact) mass is 574 g/mol. The number of carboxylic acids is 2. The van der Waals surface area contributed by atoms with Gasteiger partial charge in [-0.05, 0) is 111 Å². The molecule has 0 radical (unpaired) electrons. The van der Waals surface area contributed by atoms with Gasteiger partial charge in [-0.15, -0.1) is 0 Å². The van der Waals surface area contributed by atoms with Crippen LogP contribution in [0.25, 0.3) is 0 Å². The Balaban J connectivity index is 0.000000254. The molecule has 1 unspecified atom stereocenters. The molecule has 9 atom stereocenters. The van der Waals surface area contributed by atoms with Crippen molar-refractivity contribution >= 4 is 11.9 Å². The quantitative estimate of drug-likeness (QED) is 0.277. The van der Waals surface area contributed by atoms with E-state index < -0.39 is 17.5 Å². The molecule has 5 rings (SSSR count). The van der Waals surface area contributed by atoms with Gasteiger partial charge in [-0.3, -0.25) is 9.59 Å². The second kappa shape index (κ2) is 12.6. The molecule has 0 spiro atoms. The molecule has 0 saturated heterocycles. The third-order valence-electron chi connectivity index (χ3n) is 11.8. The predicted octanol–water partition coefficient (Wildman–Crippen LogP) is 5.98. The molecule has 230 valence electrons. The molecule has 0 aliphatic heterocycles. The molecule has 41 heavy (non-hydrogen) atoms. The number of hydrogen-bond donors (Lipinski definition) is 4. The van der Waals surface area contributed by atoms with E-state index in [0.717, 1.165) is 69.8 Å². The van der Waals surface area contributed by atoms with Gasteiger partial charge in [0.1, 0.15) is 0 Å². The van der Waals surface area contributed by atoms with Gasteiger partial charge in [-0.1, -0.05) is 33.6 Å². The highest BCUT2D eigenvalue weighted by Crippen LogP contribution is 2.70. The number of aliphatic hydroxyl groups is 2. The smallest absolute Gasteiger partial charge is 0.335 e. The van der Waals surface area contributed by atoms with Crippen molar-refractivity contribution in [3.8, 4) is 0 Å². The Hall–Kier alpha value is -2.19. The van der Waals surface area contributed by atoms with Crippen LogP contribution in [-0.2, 0) is 9.59 Å². The highest BCUT2D eigenvalue weighted by molar-refractivity contribution is 5.67. The standard InChI is InChI=1S/C24H34O4.C9H16O4/c1-22-10-7-17(25)13-16(22)4-5-20-19(22)8-11-23(2)18(9-12-24(20,23)27)15-3-6-21(26)28-14-15;1-7(6-9(12)13)4-2-3-5-8(10)11/h3,6,14,16-20,25,27H,4-5,7-13H2,1-2H3;7H,2-6H2,1H3,(H,10,11)(H,12,13)/t16-,17+,18-,19+,20-,22+,23-,24+;/m1./s1. The lowest BCUT2D eigenvalue weighted by atomic mass is 9.43. The molecule has 4 aliphatic carbocycles. The van der Waals surface area contributed by atoms with Crippen LogP contribution < -0.4 is 5.63 Å². The van der Waals surface area contributed by atoms with Gasteiger partial charge >= 0.3 is 17.6 Å². The lowest BCUT2D eigenvalue weighted by Gasteiger charge is -2.63. The lowest BCUT2D eigenvalue weighted by molar-refractivity contribution is -0.205. The normalized spacial score (nSPS) is 38.4. The molecule has 4 aliphatic rings. The van der Waals surface area contributed by atoms with Crippen LogP contribution in [-0.4, -0.2) is 44.1 Å². The number of aliphatic carboxylic acids is 2. The molecule has 1 heterocycles. The number of hydrogen-bond acceptors (Lipinski definition) is 6. The van der Waals surface area contributed by atoms with Crippen LogP contribution in [0, 0.1) is 34.5 Å². The van der Waals surface area contributed by atoms with E-state index in [1.54, 1.807) is 6.26 Å². The van der Waals surface area contributed by atoms with Crippen molar-refractivity contribution < 1.29 is 34.4 Å². The molecule has 8 nitrogen and oxygen atoms in total. The highest BCUT2D eigenvalue weighted by Gasteiger charge is 2.67. The van der Waals surface area contributed by atoms with Crippen molar-refractivity contribution in [2.75, 3.05) is 0 Å². The minimum atomic E-state index is -0.786. The summed E-state index contributed by atoms with van der Waals surface area (Å²) in [5.41, 5.74) is 0.219. The summed E-state index contributed by atoms with van der Waals surface area (Å²) in [6.07, 6.45) is 13.2. The summed E-state index contributed by atoms with van der Waals surface area (Å²) in [6, 6.07) is 3.42. The van der Waals surface area contributed by atoms with Gasteiger partial charge < -0.3 is 24.8 Å². The van der Waals surface area contributed by atoms with Crippen molar-refractivity contribution in [1.82, 2.24) is 0 Å². The van der Waals surface area contributed by atoms with E-state index in [1.807, 2.05) is 13.0 Å². The summed E-state index contributed by atoms with van der Waals surface area (Å²) in [4.78, 5) is 31.8. The Morgan fingerprint density at radius 3 is 2.39 bits per heavy atom. The van der Waals surface area contributed by atoms with Crippen LogP contribution in [0.15, 0.2) is 27.6 Å². The molecule has 1 aromatic rings. The minimum Gasteiger partial charge on any atom is -0.481 e. The first kappa shape index (κ1) is 31.7. The SMILES string of the molecule is CC(CCCCC(=O)O)CC(=O)O.C[C@]12CC[C@H](O)C[C@H]1CC[C@@H]1[C@@H]2CC[C@]2(C)[C@@H](c3ccc(=O)oc3)CC[C@]12O. The highest BCUT2D eigenvalue weighted by atomic mass is 16.4. The van der Waals surface area contributed by atoms with E-state index in [9.17, 15) is 24.6 Å². The molecular formula is C33H50O8. The number of fused-ring (bicyclic) bond motifs is 5. The second-order valence-electron chi connectivity index (χ2n) is 14.1. The van der Waals surface area contributed by atoms with E-state index in [4.69, 9.17) is 14.6 Å². The average Bonchev–Trinajstić information content (AvgIpc) is 3.18. The van der Waals surface area contributed by atoms with Gasteiger partial charge in [-0.2, -0.15) is 0 Å². The zero-order valence-electron chi connectivity index (χ0n) is 25.0. The lowest BCUT2D eigenvalue weighted by Crippen LogP contribution is -2.62. The molecule has 0 amide bonds. The van der Waals surface area contributed by atoms with Crippen LogP contribution in [0.5, 0.6) is 0 Å². The maximum atomic E-state index is 12.2. The van der Waals surface area contributed by atoms with Crippen molar-refractivity contribution in [3.05, 3.63) is 34.4 Å². The van der Waals surface area contributed by atoms with Gasteiger partial charge in [0.05, 0.1) is 18.0 Å². The Morgan fingerprint density at radius 2 is 1.73 bits per heavy atom. The molecule has 4 fully saturated rings. The molecule has 0 aromatic carbocycles. The molecule has 4 N–H and O–H groups in total. The maximum Gasteiger partial charge on any atom is 0.335 e. The van der Waals surface area contributed by atoms with Crippen molar-refractivity contribution in [2.45, 2.75) is 128 Å². The number of carbonyl (C=O) groups is 2. The van der Waals surface area contributed by atoms with Crippen molar-refractivity contribution in [2.24, 2.45) is 34.5 Å². The van der Waals surface area contributed by atoms with Gasteiger partial charge in [0, 0.05) is 24.3 Å². The summed E-state index contributed by atoms with van der Waals surface area (Å²) in [5, 5.41) is 39.1. The first-order valence-electron chi connectivity index (χ1n) is 15.7. The van der Waals surface area contributed by atoms with Gasteiger partial charge in [0.25, 0.3) is 0 Å². The van der Waals surface area contributed by atoms with E-state index >= 15 is 0 Å².